The third kappa shape index (κ3) is 4.59. The average molecular weight is 366 g/mol. The van der Waals surface area contributed by atoms with Crippen molar-refractivity contribution in [1.29, 1.82) is 0 Å². The van der Waals surface area contributed by atoms with Crippen LogP contribution in [0.5, 0.6) is 5.75 Å². The van der Waals surface area contributed by atoms with Crippen LogP contribution < -0.4 is 10.3 Å². The Hall–Kier alpha value is -3.45. The molecule has 27 heavy (non-hydrogen) atoms. The second-order valence-corrected chi connectivity index (χ2v) is 5.82. The summed E-state index contributed by atoms with van der Waals surface area (Å²) in [6.07, 6.45) is 0. The highest BCUT2D eigenvalue weighted by atomic mass is 16.5. The molecule has 0 saturated heterocycles. The third-order valence-corrected chi connectivity index (χ3v) is 3.86. The van der Waals surface area contributed by atoms with E-state index in [1.54, 1.807) is 36.4 Å². The molecular formula is C20H18N2O5. The van der Waals surface area contributed by atoms with Crippen molar-refractivity contribution in [1.82, 2.24) is 9.78 Å². The molecular weight excluding hydrogens is 348 g/mol. The number of carboxylic acids is 1. The standard InChI is InChI=1S/C20H18N2O5/c23-9-10-27-17-6-2-4-15(12-17)18-7-8-19(24)22(21-18)13-14-3-1-5-16(11-14)20(25)26/h1-8,11-12,23H,9-10,13H2,(H,25,26). The quantitative estimate of drug-likeness (QED) is 0.663. The van der Waals surface area contributed by atoms with Crippen molar-refractivity contribution >= 4 is 5.97 Å². The summed E-state index contributed by atoms with van der Waals surface area (Å²) in [5, 5.41) is 22.3. The van der Waals surface area contributed by atoms with Gasteiger partial charge in [-0.3, -0.25) is 4.79 Å². The van der Waals surface area contributed by atoms with E-state index in [2.05, 4.69) is 5.10 Å². The molecule has 0 aliphatic rings. The fourth-order valence-corrected chi connectivity index (χ4v) is 2.60. The highest BCUT2D eigenvalue weighted by Crippen LogP contribution is 2.21. The highest BCUT2D eigenvalue weighted by Gasteiger charge is 2.08. The minimum absolute atomic E-state index is 0.0806. The van der Waals surface area contributed by atoms with E-state index in [0.29, 0.717) is 17.0 Å². The molecule has 0 fully saturated rings. The van der Waals surface area contributed by atoms with E-state index in [0.717, 1.165) is 5.56 Å². The molecule has 0 bridgehead atoms. The van der Waals surface area contributed by atoms with Crippen molar-refractivity contribution < 1.29 is 19.7 Å². The average Bonchev–Trinajstić information content (AvgIpc) is 2.68. The summed E-state index contributed by atoms with van der Waals surface area (Å²) in [6.45, 7) is 0.271. The molecule has 0 radical (unpaired) electrons. The van der Waals surface area contributed by atoms with Gasteiger partial charge < -0.3 is 14.9 Å². The van der Waals surface area contributed by atoms with Crippen LogP contribution in [-0.4, -0.2) is 39.2 Å². The van der Waals surface area contributed by atoms with Crippen molar-refractivity contribution in [3.8, 4) is 17.0 Å². The second kappa shape index (κ2) is 8.29. The van der Waals surface area contributed by atoms with Gasteiger partial charge in [0.25, 0.3) is 5.56 Å². The SMILES string of the molecule is O=C(O)c1cccc(Cn2nc(-c3cccc(OCCO)c3)ccc2=O)c1. The molecule has 0 atom stereocenters. The number of aliphatic hydroxyl groups excluding tert-OH is 1. The number of benzene rings is 2. The highest BCUT2D eigenvalue weighted by molar-refractivity contribution is 5.87. The Morgan fingerprint density at radius 3 is 2.67 bits per heavy atom. The van der Waals surface area contributed by atoms with E-state index >= 15 is 0 Å². The number of aromatic carboxylic acids is 1. The lowest BCUT2D eigenvalue weighted by Gasteiger charge is -2.09. The van der Waals surface area contributed by atoms with E-state index in [1.165, 1.54) is 22.9 Å². The van der Waals surface area contributed by atoms with Gasteiger partial charge in [0.2, 0.25) is 0 Å². The number of ether oxygens (including phenoxy) is 1. The zero-order valence-electron chi connectivity index (χ0n) is 14.4. The topological polar surface area (TPSA) is 102 Å². The first-order chi connectivity index (χ1) is 13.1. The molecule has 0 unspecified atom stereocenters. The number of aliphatic hydroxyl groups is 1. The molecule has 7 heteroatoms. The predicted molar refractivity (Wildman–Crippen MR) is 99.0 cm³/mol. The molecule has 7 nitrogen and oxygen atoms in total. The minimum atomic E-state index is -1.02. The summed E-state index contributed by atoms with van der Waals surface area (Å²) < 4.78 is 6.69. The van der Waals surface area contributed by atoms with Crippen LogP contribution in [0, 0.1) is 0 Å². The molecule has 0 amide bonds. The Bertz CT molecular complexity index is 1010. The van der Waals surface area contributed by atoms with E-state index in [4.69, 9.17) is 14.9 Å². The molecule has 3 aromatic rings. The number of rotatable bonds is 7. The molecule has 0 aliphatic heterocycles. The van der Waals surface area contributed by atoms with Crippen molar-refractivity contribution in [2.24, 2.45) is 0 Å². The maximum absolute atomic E-state index is 12.2. The zero-order chi connectivity index (χ0) is 19.2. The molecule has 1 aromatic heterocycles. The van der Waals surface area contributed by atoms with E-state index in [1.807, 2.05) is 6.07 Å². The Balaban J connectivity index is 1.90. The maximum Gasteiger partial charge on any atom is 0.335 e. The van der Waals surface area contributed by atoms with Crippen LogP contribution in [0.25, 0.3) is 11.3 Å². The third-order valence-electron chi connectivity index (χ3n) is 3.86. The predicted octanol–water partition coefficient (Wildman–Crippen LogP) is 2.03. The van der Waals surface area contributed by atoms with Crippen LogP contribution in [0.3, 0.4) is 0 Å². The lowest BCUT2D eigenvalue weighted by atomic mass is 10.1. The second-order valence-electron chi connectivity index (χ2n) is 5.82. The van der Waals surface area contributed by atoms with Crippen molar-refractivity contribution in [3.05, 3.63) is 82.1 Å². The van der Waals surface area contributed by atoms with Gasteiger partial charge in [-0.05, 0) is 35.9 Å². The summed E-state index contributed by atoms with van der Waals surface area (Å²) in [5.74, 6) is -0.430. The van der Waals surface area contributed by atoms with Gasteiger partial charge in [-0.15, -0.1) is 0 Å². The first-order valence-corrected chi connectivity index (χ1v) is 8.31. The number of hydrogen-bond acceptors (Lipinski definition) is 5. The number of hydrogen-bond donors (Lipinski definition) is 2. The number of nitrogens with zero attached hydrogens (tertiary/aromatic N) is 2. The van der Waals surface area contributed by atoms with Crippen LogP contribution >= 0.6 is 0 Å². The van der Waals surface area contributed by atoms with Gasteiger partial charge in [0.05, 0.1) is 24.4 Å². The monoisotopic (exact) mass is 366 g/mol. The lowest BCUT2D eigenvalue weighted by molar-refractivity contribution is 0.0696. The van der Waals surface area contributed by atoms with Crippen molar-refractivity contribution in [3.63, 3.8) is 0 Å². The number of aromatic nitrogens is 2. The fourth-order valence-electron chi connectivity index (χ4n) is 2.60. The molecule has 3 rings (SSSR count). The van der Waals surface area contributed by atoms with Gasteiger partial charge in [0.1, 0.15) is 12.4 Å². The molecule has 138 valence electrons. The Kier molecular flexibility index (Phi) is 5.63. The Morgan fingerprint density at radius 2 is 1.89 bits per heavy atom. The van der Waals surface area contributed by atoms with Gasteiger partial charge in [-0.2, -0.15) is 5.10 Å². The smallest absolute Gasteiger partial charge is 0.335 e. The molecule has 0 aliphatic carbocycles. The van der Waals surface area contributed by atoms with Gasteiger partial charge in [0.15, 0.2) is 0 Å². The van der Waals surface area contributed by atoms with E-state index < -0.39 is 5.97 Å². The molecule has 0 saturated carbocycles. The van der Waals surface area contributed by atoms with E-state index in [-0.39, 0.29) is 30.9 Å². The van der Waals surface area contributed by atoms with E-state index in [9.17, 15) is 9.59 Å². The van der Waals surface area contributed by atoms with Gasteiger partial charge in [-0.25, -0.2) is 9.48 Å². The van der Waals surface area contributed by atoms with Crippen LogP contribution in [0.4, 0.5) is 0 Å². The summed E-state index contributed by atoms with van der Waals surface area (Å²) >= 11 is 0. The molecule has 0 spiro atoms. The maximum atomic E-state index is 12.2. The zero-order valence-corrected chi connectivity index (χ0v) is 14.4. The summed E-state index contributed by atoms with van der Waals surface area (Å²) in [5.41, 5.74) is 1.89. The minimum Gasteiger partial charge on any atom is -0.491 e. The van der Waals surface area contributed by atoms with Crippen LogP contribution in [-0.2, 0) is 6.54 Å². The fraction of sp³-hybridized carbons (Fsp3) is 0.150. The molecule has 2 aromatic carbocycles. The first kappa shape index (κ1) is 18.3. The lowest BCUT2D eigenvalue weighted by Crippen LogP contribution is -2.23. The van der Waals surface area contributed by atoms with Crippen molar-refractivity contribution in [2.75, 3.05) is 13.2 Å². The summed E-state index contributed by atoms with van der Waals surface area (Å²) in [7, 11) is 0. The largest absolute Gasteiger partial charge is 0.491 e. The first-order valence-electron chi connectivity index (χ1n) is 8.31. The van der Waals surface area contributed by atoms with Gasteiger partial charge in [0, 0.05) is 11.6 Å². The van der Waals surface area contributed by atoms with Crippen LogP contribution in [0.15, 0.2) is 65.5 Å². The number of carbonyl (C=O) groups is 1. The summed E-state index contributed by atoms with van der Waals surface area (Å²) in [4.78, 5) is 23.3. The normalized spacial score (nSPS) is 10.6. The van der Waals surface area contributed by atoms with Gasteiger partial charge >= 0.3 is 5.97 Å². The summed E-state index contributed by atoms with van der Waals surface area (Å²) in [6, 6.07) is 16.6. The number of carboxylic acid groups (broad SMARTS) is 1. The molecule has 2 N–H and O–H groups in total. The Labute approximate surface area is 155 Å². The molecule has 1 heterocycles. The Morgan fingerprint density at radius 1 is 1.07 bits per heavy atom. The van der Waals surface area contributed by atoms with Crippen molar-refractivity contribution in [2.45, 2.75) is 6.54 Å². The van der Waals surface area contributed by atoms with Crippen LogP contribution in [0.1, 0.15) is 15.9 Å². The van der Waals surface area contributed by atoms with Crippen LogP contribution in [0.2, 0.25) is 0 Å². The van der Waals surface area contributed by atoms with Gasteiger partial charge in [-0.1, -0.05) is 24.3 Å².